The zero-order valence-electron chi connectivity index (χ0n) is 9.94. The van der Waals surface area contributed by atoms with E-state index < -0.39 is 0 Å². The van der Waals surface area contributed by atoms with Crippen LogP contribution in [-0.2, 0) is 14.3 Å². The number of likely N-dealkylation sites (tertiary alicyclic amines) is 1. The number of amides is 1. The molecule has 2 saturated heterocycles. The molecule has 0 N–H and O–H groups in total. The van der Waals surface area contributed by atoms with Crippen LogP contribution in [-0.4, -0.2) is 42.4 Å². The Balaban J connectivity index is 1.97. The summed E-state index contributed by atoms with van der Waals surface area (Å²) in [7, 11) is 0. The highest BCUT2D eigenvalue weighted by atomic mass is 16.5. The van der Waals surface area contributed by atoms with E-state index in [1.54, 1.807) is 0 Å². The molecular weight excluding hydrogens is 206 g/mol. The summed E-state index contributed by atoms with van der Waals surface area (Å²) in [5.74, 6) is 0.444. The fourth-order valence-corrected chi connectivity index (χ4v) is 2.51. The fraction of sp³-hybridized carbons (Fsp3) is 0.833. The number of rotatable bonds is 1. The predicted molar refractivity (Wildman–Crippen MR) is 58.9 cm³/mol. The third-order valence-corrected chi connectivity index (χ3v) is 3.68. The lowest BCUT2D eigenvalue weighted by Gasteiger charge is -2.32. The number of ketones is 1. The van der Waals surface area contributed by atoms with Crippen LogP contribution >= 0.6 is 0 Å². The quantitative estimate of drug-likeness (QED) is 0.664. The third-order valence-electron chi connectivity index (χ3n) is 3.68. The van der Waals surface area contributed by atoms with Crippen molar-refractivity contribution >= 4 is 11.7 Å². The standard InChI is InChI=1S/C12H19NO3/c1-8-7-13(5-3-11(8)14)12(15)10-4-6-16-9(10)2/h8-10H,3-7H2,1-2H3. The van der Waals surface area contributed by atoms with E-state index in [4.69, 9.17) is 4.74 Å². The second kappa shape index (κ2) is 4.53. The number of nitrogens with zero attached hydrogens (tertiary/aromatic N) is 1. The van der Waals surface area contributed by atoms with E-state index in [-0.39, 0.29) is 29.6 Å². The molecule has 3 unspecified atom stereocenters. The summed E-state index contributed by atoms with van der Waals surface area (Å²) in [4.78, 5) is 25.4. The van der Waals surface area contributed by atoms with E-state index in [0.29, 0.717) is 26.1 Å². The van der Waals surface area contributed by atoms with Gasteiger partial charge >= 0.3 is 0 Å². The van der Waals surface area contributed by atoms with Crippen molar-refractivity contribution < 1.29 is 14.3 Å². The Kier molecular flexibility index (Phi) is 3.28. The number of hydrogen-bond acceptors (Lipinski definition) is 3. The van der Waals surface area contributed by atoms with Gasteiger partial charge in [0.25, 0.3) is 0 Å². The minimum Gasteiger partial charge on any atom is -0.378 e. The number of piperidine rings is 1. The molecule has 0 aromatic heterocycles. The van der Waals surface area contributed by atoms with Gasteiger partial charge in [-0.2, -0.15) is 0 Å². The normalized spacial score (nSPS) is 35.5. The molecule has 0 aromatic carbocycles. The minimum atomic E-state index is -0.00433. The summed E-state index contributed by atoms with van der Waals surface area (Å²) < 4.78 is 5.41. The lowest BCUT2D eigenvalue weighted by atomic mass is 9.95. The fourth-order valence-electron chi connectivity index (χ4n) is 2.51. The van der Waals surface area contributed by atoms with Crippen LogP contribution in [0.2, 0.25) is 0 Å². The van der Waals surface area contributed by atoms with E-state index in [0.717, 1.165) is 6.42 Å². The van der Waals surface area contributed by atoms with E-state index in [2.05, 4.69) is 0 Å². The first-order chi connectivity index (χ1) is 7.59. The second-order valence-corrected chi connectivity index (χ2v) is 4.87. The third kappa shape index (κ3) is 2.12. The number of Topliss-reactive ketones (excluding diaryl/α,β-unsaturated/α-hetero) is 1. The molecule has 2 rings (SSSR count). The van der Waals surface area contributed by atoms with Crippen LogP contribution in [0.4, 0.5) is 0 Å². The first-order valence-electron chi connectivity index (χ1n) is 6.02. The Morgan fingerprint density at radius 3 is 2.75 bits per heavy atom. The number of carbonyl (C=O) groups is 2. The zero-order valence-corrected chi connectivity index (χ0v) is 9.94. The highest BCUT2D eigenvalue weighted by molar-refractivity contribution is 5.86. The molecule has 2 fully saturated rings. The Morgan fingerprint density at radius 2 is 2.19 bits per heavy atom. The summed E-state index contributed by atoms with van der Waals surface area (Å²) in [6, 6.07) is 0. The monoisotopic (exact) mass is 225 g/mol. The van der Waals surface area contributed by atoms with Crippen molar-refractivity contribution in [2.45, 2.75) is 32.8 Å². The lowest BCUT2D eigenvalue weighted by molar-refractivity contribution is -0.141. The van der Waals surface area contributed by atoms with Gasteiger partial charge in [0.2, 0.25) is 5.91 Å². The van der Waals surface area contributed by atoms with Crippen molar-refractivity contribution in [2.24, 2.45) is 11.8 Å². The number of hydrogen-bond donors (Lipinski definition) is 0. The van der Waals surface area contributed by atoms with Gasteiger partial charge in [0.15, 0.2) is 0 Å². The SMILES string of the molecule is CC1CN(C(=O)C2CCOC2C)CCC1=O. The van der Waals surface area contributed by atoms with Crippen molar-refractivity contribution in [1.82, 2.24) is 4.90 Å². The van der Waals surface area contributed by atoms with Crippen LogP contribution in [0.5, 0.6) is 0 Å². The van der Waals surface area contributed by atoms with Crippen molar-refractivity contribution in [1.29, 1.82) is 0 Å². The molecule has 0 bridgehead atoms. The molecule has 90 valence electrons. The van der Waals surface area contributed by atoms with Crippen LogP contribution in [0.3, 0.4) is 0 Å². The van der Waals surface area contributed by atoms with Gasteiger partial charge in [-0.15, -0.1) is 0 Å². The number of carbonyl (C=O) groups excluding carboxylic acids is 2. The van der Waals surface area contributed by atoms with Gasteiger partial charge in [-0.1, -0.05) is 6.92 Å². The molecule has 4 heteroatoms. The summed E-state index contributed by atoms with van der Waals surface area (Å²) in [6.45, 7) is 5.70. The largest absolute Gasteiger partial charge is 0.378 e. The van der Waals surface area contributed by atoms with Gasteiger partial charge in [-0.05, 0) is 13.3 Å². The second-order valence-electron chi connectivity index (χ2n) is 4.87. The average Bonchev–Trinajstić information content (AvgIpc) is 2.67. The molecule has 1 amide bonds. The summed E-state index contributed by atoms with van der Waals surface area (Å²) >= 11 is 0. The van der Waals surface area contributed by atoms with Crippen LogP contribution in [0.15, 0.2) is 0 Å². The molecule has 0 spiro atoms. The van der Waals surface area contributed by atoms with Crippen molar-refractivity contribution in [3.8, 4) is 0 Å². The summed E-state index contributed by atoms with van der Waals surface area (Å²) in [5, 5.41) is 0. The Labute approximate surface area is 95.9 Å². The van der Waals surface area contributed by atoms with Crippen LogP contribution < -0.4 is 0 Å². The summed E-state index contributed by atoms with van der Waals surface area (Å²) in [5.41, 5.74) is 0. The first kappa shape index (κ1) is 11.6. The Hall–Kier alpha value is -0.900. The zero-order chi connectivity index (χ0) is 11.7. The molecule has 0 saturated carbocycles. The molecular formula is C12H19NO3. The van der Waals surface area contributed by atoms with Gasteiger partial charge in [0.05, 0.1) is 12.0 Å². The lowest BCUT2D eigenvalue weighted by Crippen LogP contribution is -2.46. The van der Waals surface area contributed by atoms with Crippen molar-refractivity contribution in [3.63, 3.8) is 0 Å². The van der Waals surface area contributed by atoms with Gasteiger partial charge in [-0.3, -0.25) is 9.59 Å². The molecule has 16 heavy (non-hydrogen) atoms. The highest BCUT2D eigenvalue weighted by Crippen LogP contribution is 2.24. The molecule has 2 aliphatic heterocycles. The van der Waals surface area contributed by atoms with Gasteiger partial charge < -0.3 is 9.64 Å². The maximum absolute atomic E-state index is 12.2. The van der Waals surface area contributed by atoms with Crippen LogP contribution in [0.25, 0.3) is 0 Å². The van der Waals surface area contributed by atoms with Gasteiger partial charge in [-0.25, -0.2) is 0 Å². The molecule has 0 aromatic rings. The molecule has 0 radical (unpaired) electrons. The molecule has 3 atom stereocenters. The first-order valence-corrected chi connectivity index (χ1v) is 6.02. The summed E-state index contributed by atoms with van der Waals surface area (Å²) in [6.07, 6.45) is 1.36. The Bertz CT molecular complexity index is 303. The van der Waals surface area contributed by atoms with Gasteiger partial charge in [0, 0.05) is 32.0 Å². The topological polar surface area (TPSA) is 46.6 Å². The highest BCUT2D eigenvalue weighted by Gasteiger charge is 2.36. The van der Waals surface area contributed by atoms with E-state index in [9.17, 15) is 9.59 Å². The molecule has 2 aliphatic rings. The molecule has 2 heterocycles. The average molecular weight is 225 g/mol. The van der Waals surface area contributed by atoms with E-state index in [1.807, 2.05) is 18.7 Å². The smallest absolute Gasteiger partial charge is 0.228 e. The molecule has 4 nitrogen and oxygen atoms in total. The Morgan fingerprint density at radius 1 is 1.44 bits per heavy atom. The van der Waals surface area contributed by atoms with Crippen molar-refractivity contribution in [3.05, 3.63) is 0 Å². The molecule has 0 aliphatic carbocycles. The van der Waals surface area contributed by atoms with Crippen LogP contribution in [0.1, 0.15) is 26.7 Å². The maximum atomic E-state index is 12.2. The van der Waals surface area contributed by atoms with Crippen molar-refractivity contribution in [2.75, 3.05) is 19.7 Å². The minimum absolute atomic E-state index is 0.000372. The maximum Gasteiger partial charge on any atom is 0.228 e. The van der Waals surface area contributed by atoms with Gasteiger partial charge in [0.1, 0.15) is 5.78 Å². The van der Waals surface area contributed by atoms with Crippen LogP contribution in [0, 0.1) is 11.8 Å². The number of ether oxygens (including phenoxy) is 1. The van der Waals surface area contributed by atoms with E-state index in [1.165, 1.54) is 0 Å². The van der Waals surface area contributed by atoms with E-state index >= 15 is 0 Å². The predicted octanol–water partition coefficient (Wildman–Crippen LogP) is 0.849.